The van der Waals surface area contributed by atoms with Crippen LogP contribution in [-0.2, 0) is 16.6 Å². The molecule has 1 amide bonds. The van der Waals surface area contributed by atoms with Crippen molar-refractivity contribution < 1.29 is 9.53 Å². The first-order chi connectivity index (χ1) is 11.7. The second-order valence-electron chi connectivity index (χ2n) is 6.62. The lowest BCUT2D eigenvalue weighted by Crippen LogP contribution is -2.40. The molecule has 126 valence electrons. The first-order valence-electron chi connectivity index (χ1n) is 8.67. The summed E-state index contributed by atoms with van der Waals surface area (Å²) >= 11 is 0. The van der Waals surface area contributed by atoms with E-state index in [-0.39, 0.29) is 11.3 Å². The number of nitrogens with one attached hydrogen (secondary N) is 1. The van der Waals surface area contributed by atoms with Crippen molar-refractivity contribution in [2.75, 3.05) is 13.7 Å². The molecule has 1 N–H and O–H groups in total. The molecule has 2 aromatic rings. The van der Waals surface area contributed by atoms with Crippen LogP contribution in [0.3, 0.4) is 0 Å². The fraction of sp³-hybridized carbons (Fsp3) is 0.381. The van der Waals surface area contributed by atoms with E-state index in [9.17, 15) is 4.79 Å². The highest BCUT2D eigenvalue weighted by Gasteiger charge is 2.40. The van der Waals surface area contributed by atoms with Crippen molar-refractivity contribution >= 4 is 5.91 Å². The Morgan fingerprint density at radius 2 is 1.79 bits per heavy atom. The maximum atomic E-state index is 12.4. The van der Waals surface area contributed by atoms with E-state index in [0.29, 0.717) is 13.0 Å². The van der Waals surface area contributed by atoms with Gasteiger partial charge in [0.15, 0.2) is 0 Å². The maximum absolute atomic E-state index is 12.4. The molecule has 0 heterocycles. The second kappa shape index (κ2) is 7.52. The van der Waals surface area contributed by atoms with Gasteiger partial charge >= 0.3 is 0 Å². The van der Waals surface area contributed by atoms with Crippen LogP contribution in [0.2, 0.25) is 0 Å². The average molecular weight is 323 g/mol. The Hall–Kier alpha value is -2.29. The van der Waals surface area contributed by atoms with Gasteiger partial charge in [-0.15, -0.1) is 0 Å². The number of rotatable bonds is 7. The quantitative estimate of drug-likeness (QED) is 0.840. The van der Waals surface area contributed by atoms with Crippen LogP contribution < -0.4 is 10.1 Å². The molecule has 24 heavy (non-hydrogen) atoms. The van der Waals surface area contributed by atoms with E-state index in [1.807, 2.05) is 30.3 Å². The molecule has 1 fully saturated rings. The molecule has 3 heteroatoms. The van der Waals surface area contributed by atoms with E-state index in [0.717, 1.165) is 25.0 Å². The largest absolute Gasteiger partial charge is 0.497 e. The van der Waals surface area contributed by atoms with Crippen LogP contribution in [0.4, 0.5) is 0 Å². The highest BCUT2D eigenvalue weighted by Crippen LogP contribution is 2.46. The highest BCUT2D eigenvalue weighted by molar-refractivity contribution is 5.77. The van der Waals surface area contributed by atoms with Crippen molar-refractivity contribution in [2.24, 2.45) is 0 Å². The standard InChI is InChI=1S/C21H25NO2/c1-24-19-10-8-17(9-11-19)12-15-22-20(23)16-21(13-5-14-21)18-6-3-2-4-7-18/h2-4,6-11H,5,12-16H2,1H3,(H,22,23). The predicted octanol–water partition coefficient (Wildman–Crippen LogP) is 3.87. The molecular formula is C21H25NO2. The smallest absolute Gasteiger partial charge is 0.220 e. The molecule has 1 saturated carbocycles. The Labute approximate surface area is 144 Å². The highest BCUT2D eigenvalue weighted by atomic mass is 16.5. The van der Waals surface area contributed by atoms with Gasteiger partial charge in [0.1, 0.15) is 5.75 Å². The van der Waals surface area contributed by atoms with Gasteiger partial charge in [0.2, 0.25) is 5.91 Å². The van der Waals surface area contributed by atoms with Gasteiger partial charge in [0.05, 0.1) is 7.11 Å². The zero-order valence-corrected chi connectivity index (χ0v) is 14.3. The van der Waals surface area contributed by atoms with Crippen molar-refractivity contribution in [2.45, 2.75) is 37.5 Å². The molecule has 3 rings (SSSR count). The number of carbonyl (C=O) groups is 1. The molecule has 0 aromatic heterocycles. The number of carbonyl (C=O) groups excluding carboxylic acids is 1. The minimum Gasteiger partial charge on any atom is -0.497 e. The van der Waals surface area contributed by atoms with E-state index in [1.54, 1.807) is 7.11 Å². The lowest BCUT2D eigenvalue weighted by molar-refractivity contribution is -0.123. The van der Waals surface area contributed by atoms with Crippen molar-refractivity contribution in [3.8, 4) is 5.75 Å². The number of ether oxygens (including phenoxy) is 1. The molecule has 1 aliphatic carbocycles. The first kappa shape index (κ1) is 16.6. The Kier molecular flexibility index (Phi) is 5.19. The number of amides is 1. The van der Waals surface area contributed by atoms with Gasteiger partial charge in [0.25, 0.3) is 0 Å². The van der Waals surface area contributed by atoms with Gasteiger partial charge in [-0.05, 0) is 42.5 Å². The van der Waals surface area contributed by atoms with Crippen molar-refractivity contribution in [3.63, 3.8) is 0 Å². The third-order valence-corrected chi connectivity index (χ3v) is 5.09. The minimum absolute atomic E-state index is 0.0610. The summed E-state index contributed by atoms with van der Waals surface area (Å²) in [5, 5.41) is 3.08. The van der Waals surface area contributed by atoms with Crippen LogP contribution in [0, 0.1) is 0 Å². The summed E-state index contributed by atoms with van der Waals surface area (Å²) in [6.07, 6.45) is 4.88. The van der Waals surface area contributed by atoms with Crippen LogP contribution in [0.1, 0.15) is 36.8 Å². The molecule has 0 spiro atoms. The summed E-state index contributed by atoms with van der Waals surface area (Å²) in [5.74, 6) is 1.02. The van der Waals surface area contributed by atoms with Crippen LogP contribution in [0.5, 0.6) is 5.75 Å². The second-order valence-corrected chi connectivity index (χ2v) is 6.62. The Morgan fingerprint density at radius 1 is 1.08 bits per heavy atom. The third-order valence-electron chi connectivity index (χ3n) is 5.09. The summed E-state index contributed by atoms with van der Waals surface area (Å²) in [5.41, 5.74) is 2.57. The lowest BCUT2D eigenvalue weighted by atomic mass is 9.62. The first-order valence-corrected chi connectivity index (χ1v) is 8.67. The van der Waals surface area contributed by atoms with Gasteiger partial charge in [-0.3, -0.25) is 4.79 Å². The molecule has 0 radical (unpaired) electrons. The van der Waals surface area contributed by atoms with Gasteiger partial charge in [-0.1, -0.05) is 48.9 Å². The average Bonchev–Trinajstić information content (AvgIpc) is 2.59. The van der Waals surface area contributed by atoms with E-state index in [1.165, 1.54) is 17.5 Å². The zero-order chi connectivity index (χ0) is 16.8. The summed E-state index contributed by atoms with van der Waals surface area (Å²) in [7, 11) is 1.66. The summed E-state index contributed by atoms with van der Waals surface area (Å²) in [4.78, 5) is 12.4. The van der Waals surface area contributed by atoms with Gasteiger partial charge in [-0.25, -0.2) is 0 Å². The van der Waals surface area contributed by atoms with Gasteiger partial charge in [-0.2, -0.15) is 0 Å². The fourth-order valence-electron chi connectivity index (χ4n) is 3.47. The van der Waals surface area contributed by atoms with E-state index >= 15 is 0 Å². The Balaban J connectivity index is 1.50. The fourth-order valence-corrected chi connectivity index (χ4v) is 3.47. The van der Waals surface area contributed by atoms with Crippen molar-refractivity contribution in [3.05, 3.63) is 65.7 Å². The molecular weight excluding hydrogens is 298 g/mol. The number of methoxy groups -OCH3 is 1. The monoisotopic (exact) mass is 323 g/mol. The molecule has 0 saturated heterocycles. The molecule has 0 unspecified atom stereocenters. The number of hydrogen-bond donors (Lipinski definition) is 1. The lowest BCUT2D eigenvalue weighted by Gasteiger charge is -2.42. The molecule has 2 aromatic carbocycles. The number of benzene rings is 2. The van der Waals surface area contributed by atoms with E-state index < -0.39 is 0 Å². The SMILES string of the molecule is COc1ccc(CCNC(=O)CC2(c3ccccc3)CCC2)cc1. The van der Waals surface area contributed by atoms with Gasteiger partial charge < -0.3 is 10.1 Å². The topological polar surface area (TPSA) is 38.3 Å². The predicted molar refractivity (Wildman–Crippen MR) is 96.3 cm³/mol. The zero-order valence-electron chi connectivity index (χ0n) is 14.3. The molecule has 1 aliphatic rings. The van der Waals surface area contributed by atoms with E-state index in [4.69, 9.17) is 4.74 Å². The van der Waals surface area contributed by atoms with Crippen LogP contribution >= 0.6 is 0 Å². The van der Waals surface area contributed by atoms with Crippen LogP contribution in [0.15, 0.2) is 54.6 Å². The summed E-state index contributed by atoms with van der Waals surface area (Å²) in [6.45, 7) is 0.677. The Morgan fingerprint density at radius 3 is 2.38 bits per heavy atom. The molecule has 0 aliphatic heterocycles. The number of hydrogen-bond acceptors (Lipinski definition) is 2. The minimum atomic E-state index is 0.0610. The van der Waals surface area contributed by atoms with Crippen LogP contribution in [0.25, 0.3) is 0 Å². The summed E-state index contributed by atoms with van der Waals surface area (Å²) in [6, 6.07) is 18.5. The third kappa shape index (κ3) is 3.78. The van der Waals surface area contributed by atoms with E-state index in [2.05, 4.69) is 29.6 Å². The molecule has 3 nitrogen and oxygen atoms in total. The summed E-state index contributed by atoms with van der Waals surface area (Å²) < 4.78 is 5.16. The van der Waals surface area contributed by atoms with Crippen molar-refractivity contribution in [1.29, 1.82) is 0 Å². The Bertz CT molecular complexity index is 660. The maximum Gasteiger partial charge on any atom is 0.220 e. The van der Waals surface area contributed by atoms with Gasteiger partial charge in [0, 0.05) is 18.4 Å². The van der Waals surface area contributed by atoms with Crippen LogP contribution in [-0.4, -0.2) is 19.6 Å². The molecule has 0 bridgehead atoms. The van der Waals surface area contributed by atoms with Crippen molar-refractivity contribution in [1.82, 2.24) is 5.32 Å². The normalized spacial score (nSPS) is 15.4. The molecule has 0 atom stereocenters.